The molecule has 0 aromatic rings. The highest BCUT2D eigenvalue weighted by Gasteiger charge is 2.11. The maximum atomic E-state index is 9.45. The molecular weight excluding hydrogens is 170 g/mol. The molecule has 0 unspecified atom stereocenters. The summed E-state index contributed by atoms with van der Waals surface area (Å²) in [6, 6.07) is 0. The fourth-order valence-corrected chi connectivity index (χ4v) is 2.33. The second-order valence-corrected chi connectivity index (χ2v) is 4.55. The van der Waals surface area contributed by atoms with E-state index in [1.165, 1.54) is 24.5 Å². The molecule has 0 aliphatic carbocycles. The van der Waals surface area contributed by atoms with Crippen molar-refractivity contribution in [2.24, 2.45) is 0 Å². The van der Waals surface area contributed by atoms with Crippen LogP contribution in [0.2, 0.25) is 0 Å². The van der Waals surface area contributed by atoms with Crippen LogP contribution in [0.4, 0.5) is 0 Å². The molecule has 0 aromatic carbocycles. The van der Waals surface area contributed by atoms with E-state index in [-0.39, 0.29) is 6.10 Å². The molecule has 72 valence electrons. The van der Waals surface area contributed by atoms with Crippen LogP contribution in [0.25, 0.3) is 0 Å². The van der Waals surface area contributed by atoms with Crippen molar-refractivity contribution in [1.29, 1.82) is 0 Å². The Hall–Kier alpha value is 0.270. The number of aliphatic hydroxyl groups excluding tert-OH is 1. The van der Waals surface area contributed by atoms with Gasteiger partial charge in [0.05, 0.1) is 6.10 Å². The number of thioether (sulfide) groups is 1. The Kier molecular flexibility index (Phi) is 5.04. The zero-order valence-corrected chi connectivity index (χ0v) is 8.65. The van der Waals surface area contributed by atoms with Gasteiger partial charge in [0.2, 0.25) is 0 Å². The number of hydrogen-bond acceptors (Lipinski definition) is 3. The van der Waals surface area contributed by atoms with Crippen LogP contribution in [0.3, 0.4) is 0 Å². The molecule has 12 heavy (non-hydrogen) atoms. The predicted octanol–water partition coefficient (Wildman–Crippen LogP) is 1.20. The fraction of sp³-hybridized carbons (Fsp3) is 1.00. The summed E-state index contributed by atoms with van der Waals surface area (Å²) in [5.41, 5.74) is 0. The minimum absolute atomic E-state index is 0.118. The van der Waals surface area contributed by atoms with Crippen LogP contribution in [0, 0.1) is 0 Å². The van der Waals surface area contributed by atoms with Gasteiger partial charge in [0.25, 0.3) is 0 Å². The van der Waals surface area contributed by atoms with Crippen LogP contribution in [0.1, 0.15) is 19.8 Å². The first-order valence-corrected chi connectivity index (χ1v) is 5.96. The maximum Gasteiger partial charge on any atom is 0.0664 e. The van der Waals surface area contributed by atoms with E-state index in [9.17, 15) is 5.11 Å². The molecule has 0 aromatic heterocycles. The third-order valence-electron chi connectivity index (χ3n) is 2.26. The van der Waals surface area contributed by atoms with E-state index in [1.54, 1.807) is 0 Å². The van der Waals surface area contributed by atoms with Gasteiger partial charge in [-0.1, -0.05) is 6.92 Å². The van der Waals surface area contributed by atoms with Gasteiger partial charge < -0.3 is 5.11 Å². The first-order valence-electron chi connectivity index (χ1n) is 4.81. The van der Waals surface area contributed by atoms with Gasteiger partial charge in [-0.15, -0.1) is 0 Å². The van der Waals surface area contributed by atoms with Gasteiger partial charge in [0.15, 0.2) is 0 Å². The second-order valence-electron chi connectivity index (χ2n) is 3.33. The summed E-state index contributed by atoms with van der Waals surface area (Å²) < 4.78 is 0. The average molecular weight is 189 g/mol. The SMILES string of the molecule is CC[C@H](O)CN1CCCSCC1. The molecule has 0 radical (unpaired) electrons. The van der Waals surface area contributed by atoms with Crippen molar-refractivity contribution in [3.8, 4) is 0 Å². The zero-order chi connectivity index (χ0) is 8.81. The van der Waals surface area contributed by atoms with E-state index in [0.29, 0.717) is 0 Å². The molecule has 1 saturated heterocycles. The smallest absolute Gasteiger partial charge is 0.0664 e. The first-order chi connectivity index (χ1) is 5.83. The lowest BCUT2D eigenvalue weighted by atomic mass is 10.2. The molecule has 1 N–H and O–H groups in total. The highest BCUT2D eigenvalue weighted by Crippen LogP contribution is 2.10. The van der Waals surface area contributed by atoms with Gasteiger partial charge >= 0.3 is 0 Å². The molecule has 0 spiro atoms. The van der Waals surface area contributed by atoms with Crippen molar-refractivity contribution < 1.29 is 5.11 Å². The van der Waals surface area contributed by atoms with Gasteiger partial charge in [-0.2, -0.15) is 11.8 Å². The number of nitrogens with zero attached hydrogens (tertiary/aromatic N) is 1. The third kappa shape index (κ3) is 3.78. The summed E-state index contributed by atoms with van der Waals surface area (Å²) in [5, 5.41) is 9.45. The lowest BCUT2D eigenvalue weighted by Gasteiger charge is -2.21. The summed E-state index contributed by atoms with van der Waals surface area (Å²) in [6.07, 6.45) is 2.04. The van der Waals surface area contributed by atoms with E-state index >= 15 is 0 Å². The lowest BCUT2D eigenvalue weighted by Crippen LogP contribution is -2.33. The Morgan fingerprint density at radius 3 is 3.00 bits per heavy atom. The van der Waals surface area contributed by atoms with Gasteiger partial charge in [0.1, 0.15) is 0 Å². The van der Waals surface area contributed by atoms with Crippen LogP contribution in [0.5, 0.6) is 0 Å². The van der Waals surface area contributed by atoms with Crippen molar-refractivity contribution in [2.45, 2.75) is 25.9 Å². The van der Waals surface area contributed by atoms with Crippen molar-refractivity contribution in [1.82, 2.24) is 4.90 Å². The summed E-state index contributed by atoms with van der Waals surface area (Å²) in [6.45, 7) is 5.24. The lowest BCUT2D eigenvalue weighted by molar-refractivity contribution is 0.113. The van der Waals surface area contributed by atoms with Gasteiger partial charge in [-0.3, -0.25) is 4.90 Å². The topological polar surface area (TPSA) is 23.5 Å². The minimum atomic E-state index is -0.118. The molecule has 0 bridgehead atoms. The third-order valence-corrected chi connectivity index (χ3v) is 3.30. The molecule has 1 atom stereocenters. The van der Waals surface area contributed by atoms with E-state index in [4.69, 9.17) is 0 Å². The van der Waals surface area contributed by atoms with E-state index in [1.807, 2.05) is 18.7 Å². The van der Waals surface area contributed by atoms with Crippen LogP contribution >= 0.6 is 11.8 Å². The van der Waals surface area contributed by atoms with Gasteiger partial charge in [-0.25, -0.2) is 0 Å². The molecule has 1 rings (SSSR count). The van der Waals surface area contributed by atoms with Crippen molar-refractivity contribution >= 4 is 11.8 Å². The van der Waals surface area contributed by atoms with Gasteiger partial charge in [0, 0.05) is 18.8 Å². The fourth-order valence-electron chi connectivity index (χ4n) is 1.41. The Morgan fingerprint density at radius 1 is 1.42 bits per heavy atom. The monoisotopic (exact) mass is 189 g/mol. The summed E-state index contributed by atoms with van der Waals surface area (Å²) in [5.74, 6) is 2.52. The van der Waals surface area contributed by atoms with Crippen LogP contribution in [0.15, 0.2) is 0 Å². The number of rotatable bonds is 3. The number of β-amino-alcohol motifs (C(OH)–C–C–N with tert-alkyl or cyclic N) is 1. The molecule has 1 fully saturated rings. The maximum absolute atomic E-state index is 9.45. The van der Waals surface area contributed by atoms with Crippen molar-refractivity contribution in [3.05, 3.63) is 0 Å². The highest BCUT2D eigenvalue weighted by molar-refractivity contribution is 7.99. The molecular formula is C9H19NOS. The minimum Gasteiger partial charge on any atom is -0.392 e. The summed E-state index contributed by atoms with van der Waals surface area (Å²) in [7, 11) is 0. The predicted molar refractivity (Wildman–Crippen MR) is 54.7 cm³/mol. The van der Waals surface area contributed by atoms with E-state index < -0.39 is 0 Å². The molecule has 2 nitrogen and oxygen atoms in total. The van der Waals surface area contributed by atoms with Crippen molar-refractivity contribution in [3.63, 3.8) is 0 Å². The molecule has 1 aliphatic rings. The zero-order valence-electron chi connectivity index (χ0n) is 7.83. The van der Waals surface area contributed by atoms with Crippen LogP contribution < -0.4 is 0 Å². The molecule has 1 heterocycles. The molecule has 0 amide bonds. The summed E-state index contributed by atoms with van der Waals surface area (Å²) >= 11 is 2.03. The second kappa shape index (κ2) is 5.84. The Balaban J connectivity index is 2.20. The quantitative estimate of drug-likeness (QED) is 0.721. The Labute approximate surface area is 79.3 Å². The van der Waals surface area contributed by atoms with E-state index in [0.717, 1.165) is 19.5 Å². The normalized spacial score (nSPS) is 23.5. The molecule has 0 saturated carbocycles. The van der Waals surface area contributed by atoms with Gasteiger partial charge in [-0.05, 0) is 25.1 Å². The first kappa shape index (κ1) is 10.4. The Morgan fingerprint density at radius 2 is 2.25 bits per heavy atom. The number of aliphatic hydroxyl groups is 1. The Bertz CT molecular complexity index is 113. The largest absolute Gasteiger partial charge is 0.392 e. The molecule has 3 heteroatoms. The number of hydrogen-bond donors (Lipinski definition) is 1. The van der Waals surface area contributed by atoms with Crippen LogP contribution in [-0.2, 0) is 0 Å². The van der Waals surface area contributed by atoms with Crippen LogP contribution in [-0.4, -0.2) is 47.3 Å². The summed E-state index contributed by atoms with van der Waals surface area (Å²) in [4.78, 5) is 2.38. The highest BCUT2D eigenvalue weighted by atomic mass is 32.2. The standard InChI is InChI=1S/C9H19NOS/c1-2-9(11)8-10-4-3-6-12-7-5-10/h9,11H,2-8H2,1H3/t9-/m0/s1. The van der Waals surface area contributed by atoms with Crippen molar-refractivity contribution in [2.75, 3.05) is 31.1 Å². The molecule has 1 aliphatic heterocycles. The average Bonchev–Trinajstić information content (AvgIpc) is 2.33. The van der Waals surface area contributed by atoms with E-state index in [2.05, 4.69) is 4.90 Å².